The van der Waals surface area contributed by atoms with E-state index in [0.717, 1.165) is 24.0 Å². The third-order valence-corrected chi connectivity index (χ3v) is 9.65. The molecule has 10 heteroatoms. The maximum atomic E-state index is 13.9. The van der Waals surface area contributed by atoms with Crippen LogP contribution in [0.2, 0.25) is 0 Å². The van der Waals surface area contributed by atoms with E-state index >= 15 is 0 Å². The van der Waals surface area contributed by atoms with Gasteiger partial charge in [-0.05, 0) is 55.4 Å². The summed E-state index contributed by atoms with van der Waals surface area (Å²) < 4.78 is 5.66. The molecule has 10 nitrogen and oxygen atoms in total. The van der Waals surface area contributed by atoms with Gasteiger partial charge < -0.3 is 30.1 Å². The largest absolute Gasteiger partial charge is 0.484 e. The van der Waals surface area contributed by atoms with Crippen LogP contribution in [-0.2, 0) is 32.1 Å². The molecule has 1 aliphatic carbocycles. The molecule has 3 aliphatic heterocycles. The summed E-state index contributed by atoms with van der Waals surface area (Å²) in [6.45, 7) is 1.63. The molecule has 3 heterocycles. The lowest BCUT2D eigenvalue weighted by molar-refractivity contribution is -0.146. The number of likely N-dealkylation sites (tertiary alicyclic amines) is 1. The van der Waals surface area contributed by atoms with Crippen molar-refractivity contribution in [3.05, 3.63) is 65.7 Å². The highest BCUT2D eigenvalue weighted by molar-refractivity contribution is 5.91. The summed E-state index contributed by atoms with van der Waals surface area (Å²) in [6.07, 6.45) is 6.53. The molecule has 2 aromatic carbocycles. The highest BCUT2D eigenvalue weighted by atomic mass is 16.5. The third-order valence-electron chi connectivity index (χ3n) is 9.65. The van der Waals surface area contributed by atoms with Crippen LogP contribution in [0.4, 0.5) is 0 Å². The zero-order valence-electron chi connectivity index (χ0n) is 25.3. The number of hydrogen-bond donors (Lipinski definition) is 2. The minimum absolute atomic E-state index is 0.0406. The minimum Gasteiger partial charge on any atom is -0.484 e. The Morgan fingerprint density at radius 1 is 0.841 bits per heavy atom. The molecule has 0 radical (unpaired) electrons. The molecule has 44 heavy (non-hydrogen) atoms. The van der Waals surface area contributed by atoms with Crippen molar-refractivity contribution in [2.24, 2.45) is 0 Å². The second-order valence-electron chi connectivity index (χ2n) is 12.5. The fraction of sp³-hybridized carbons (Fsp3) is 0.529. The number of para-hydroxylation sites is 1. The molecule has 0 aromatic heterocycles. The van der Waals surface area contributed by atoms with Gasteiger partial charge in [0.25, 0.3) is 5.91 Å². The number of nitrogens with one attached hydrogen (secondary N) is 2. The molecule has 0 unspecified atom stereocenters. The lowest BCUT2D eigenvalue weighted by Gasteiger charge is -2.39. The molecule has 0 spiro atoms. The van der Waals surface area contributed by atoms with Gasteiger partial charge in [0.15, 0.2) is 6.61 Å². The fourth-order valence-corrected chi connectivity index (χ4v) is 7.21. The predicted molar refractivity (Wildman–Crippen MR) is 165 cm³/mol. The molecule has 1 saturated carbocycles. The van der Waals surface area contributed by atoms with Crippen molar-refractivity contribution in [2.75, 3.05) is 32.8 Å². The molecule has 4 amide bonds. The van der Waals surface area contributed by atoms with Crippen molar-refractivity contribution < 1.29 is 23.9 Å². The van der Waals surface area contributed by atoms with Gasteiger partial charge in [-0.15, -0.1) is 0 Å². The van der Waals surface area contributed by atoms with Crippen LogP contribution in [0.3, 0.4) is 0 Å². The smallest absolute Gasteiger partial charge is 0.260 e. The van der Waals surface area contributed by atoms with E-state index in [0.29, 0.717) is 57.2 Å². The van der Waals surface area contributed by atoms with Crippen molar-refractivity contribution >= 4 is 23.6 Å². The van der Waals surface area contributed by atoms with Crippen LogP contribution in [0.1, 0.15) is 56.1 Å². The van der Waals surface area contributed by atoms with E-state index in [9.17, 15) is 19.2 Å². The van der Waals surface area contributed by atoms with E-state index in [1.165, 1.54) is 12.8 Å². The van der Waals surface area contributed by atoms with Crippen LogP contribution < -0.4 is 15.4 Å². The quantitative estimate of drug-likeness (QED) is 0.526. The van der Waals surface area contributed by atoms with Gasteiger partial charge in [0.2, 0.25) is 17.7 Å². The summed E-state index contributed by atoms with van der Waals surface area (Å²) in [5, 5.41) is 6.76. The van der Waals surface area contributed by atoms with Gasteiger partial charge in [-0.25, -0.2) is 0 Å². The summed E-state index contributed by atoms with van der Waals surface area (Å²) >= 11 is 0. The molecular formula is C34H43N5O5. The number of hydrogen-bond acceptors (Lipinski definition) is 6. The monoisotopic (exact) mass is 601 g/mol. The van der Waals surface area contributed by atoms with E-state index in [1.54, 1.807) is 14.7 Å². The number of nitrogens with zero attached hydrogens (tertiary/aromatic N) is 3. The summed E-state index contributed by atoms with van der Waals surface area (Å²) in [7, 11) is 0. The van der Waals surface area contributed by atoms with Crippen molar-refractivity contribution in [2.45, 2.75) is 82.1 Å². The van der Waals surface area contributed by atoms with E-state index in [2.05, 4.69) is 10.6 Å². The summed E-state index contributed by atoms with van der Waals surface area (Å²) in [5.74, 6) is 0.106. The fourth-order valence-electron chi connectivity index (χ4n) is 7.21. The molecule has 6 rings (SSSR count). The molecule has 3 fully saturated rings. The number of carbonyl (C=O) groups excluding carboxylic acids is 4. The molecule has 2 N–H and O–H groups in total. The van der Waals surface area contributed by atoms with Crippen LogP contribution in [0.25, 0.3) is 0 Å². The average Bonchev–Trinajstić information content (AvgIpc) is 3.72. The zero-order valence-corrected chi connectivity index (χ0v) is 25.3. The molecule has 4 aliphatic rings. The molecule has 2 saturated heterocycles. The number of carbonyl (C=O) groups is 4. The van der Waals surface area contributed by atoms with Gasteiger partial charge >= 0.3 is 0 Å². The van der Waals surface area contributed by atoms with Gasteiger partial charge in [0, 0.05) is 44.3 Å². The van der Waals surface area contributed by atoms with Crippen LogP contribution in [-0.4, -0.2) is 95.3 Å². The van der Waals surface area contributed by atoms with Gasteiger partial charge in [-0.3, -0.25) is 19.2 Å². The van der Waals surface area contributed by atoms with Crippen molar-refractivity contribution in [1.82, 2.24) is 25.3 Å². The van der Waals surface area contributed by atoms with Gasteiger partial charge in [0.1, 0.15) is 18.3 Å². The van der Waals surface area contributed by atoms with Gasteiger partial charge in [-0.2, -0.15) is 0 Å². The zero-order chi connectivity index (χ0) is 30.5. The van der Waals surface area contributed by atoms with Crippen LogP contribution in [0, 0.1) is 0 Å². The van der Waals surface area contributed by atoms with Crippen molar-refractivity contribution in [3.8, 4) is 5.75 Å². The Bertz CT molecular complexity index is 1340. The first-order chi connectivity index (χ1) is 21.4. The Balaban J connectivity index is 1.16. The first-order valence-corrected chi connectivity index (χ1v) is 16.1. The Hall–Kier alpha value is -3.92. The maximum absolute atomic E-state index is 13.9. The van der Waals surface area contributed by atoms with Crippen molar-refractivity contribution in [1.29, 1.82) is 0 Å². The molecule has 2 aromatic rings. The Morgan fingerprint density at radius 3 is 2.30 bits per heavy atom. The average molecular weight is 602 g/mol. The number of amides is 4. The van der Waals surface area contributed by atoms with E-state index in [4.69, 9.17) is 4.74 Å². The highest BCUT2D eigenvalue weighted by Gasteiger charge is 2.42. The molecule has 0 bridgehead atoms. The molecular weight excluding hydrogens is 558 g/mol. The van der Waals surface area contributed by atoms with E-state index < -0.39 is 6.04 Å². The second-order valence-corrected chi connectivity index (χ2v) is 12.5. The number of fused-ring (bicyclic) bond motifs is 2. The van der Waals surface area contributed by atoms with E-state index in [-0.39, 0.29) is 55.3 Å². The normalized spacial score (nSPS) is 23.9. The summed E-state index contributed by atoms with van der Waals surface area (Å²) in [5.41, 5.74) is 1.76. The van der Waals surface area contributed by atoms with Crippen LogP contribution >= 0.6 is 0 Å². The third kappa shape index (κ3) is 7.07. The lowest BCUT2D eigenvalue weighted by atomic mass is 9.99. The topological polar surface area (TPSA) is 111 Å². The molecule has 2 atom stereocenters. The minimum atomic E-state index is -0.575. The standard InChI is InChI=1S/C34H43N5O5/c40-31-18-24-8-4-5-9-25(24)20-35-34(43)30-19-27(36-26-10-6-7-11-26)21-39(30)32(41)22-38(31)28-14-16-37(17-15-28)33(42)23-44-29-12-2-1-3-13-29/h1-5,8-9,12-13,26-28,30,36H,6-7,10-11,14-23H2,(H,35,43)/t27-,30-/m0/s1. The Kier molecular flexibility index (Phi) is 9.45. The Morgan fingerprint density at radius 2 is 1.55 bits per heavy atom. The first-order valence-electron chi connectivity index (χ1n) is 16.1. The van der Waals surface area contributed by atoms with Gasteiger partial charge in [-0.1, -0.05) is 55.3 Å². The number of ether oxygens (including phenoxy) is 1. The van der Waals surface area contributed by atoms with Gasteiger partial charge in [0.05, 0.1) is 6.42 Å². The van der Waals surface area contributed by atoms with E-state index in [1.807, 2.05) is 54.6 Å². The lowest BCUT2D eigenvalue weighted by Crippen LogP contribution is -2.55. The van der Waals surface area contributed by atoms with Crippen LogP contribution in [0.5, 0.6) is 5.75 Å². The predicted octanol–water partition coefficient (Wildman–Crippen LogP) is 2.26. The SMILES string of the molecule is O=C1NCc2ccccc2CC(=O)N(C2CCN(C(=O)COc3ccccc3)CC2)CC(=O)N2C[C@@H](NC3CCCC3)C[C@@H]12. The number of rotatable bonds is 6. The van der Waals surface area contributed by atoms with Crippen molar-refractivity contribution in [3.63, 3.8) is 0 Å². The maximum Gasteiger partial charge on any atom is 0.260 e. The highest BCUT2D eigenvalue weighted by Crippen LogP contribution is 2.26. The Labute approximate surface area is 259 Å². The second kappa shape index (κ2) is 13.8. The summed E-state index contributed by atoms with van der Waals surface area (Å²) in [6, 6.07) is 16.7. The summed E-state index contributed by atoms with van der Waals surface area (Å²) in [4.78, 5) is 59.4. The number of benzene rings is 2. The molecule has 234 valence electrons. The van der Waals surface area contributed by atoms with Crippen LogP contribution in [0.15, 0.2) is 54.6 Å². The number of piperidine rings is 1. The first kappa shape index (κ1) is 30.1.